The number of aromatic nitrogens is 1. The Bertz CT molecular complexity index is 858. The summed E-state index contributed by atoms with van der Waals surface area (Å²) in [5, 5.41) is 0.375. The SMILES string of the molecule is CCCc1ccc(-c2ccc(OC(=O)c3ccccc3Cl)cc2)nc1. The maximum atomic E-state index is 12.2. The lowest BCUT2D eigenvalue weighted by molar-refractivity contribution is 0.0735. The number of ether oxygens (including phenoxy) is 1. The summed E-state index contributed by atoms with van der Waals surface area (Å²) < 4.78 is 5.38. The van der Waals surface area contributed by atoms with Gasteiger partial charge in [-0.2, -0.15) is 0 Å². The molecule has 2 aromatic carbocycles. The smallest absolute Gasteiger partial charge is 0.345 e. The molecule has 0 aliphatic rings. The van der Waals surface area contributed by atoms with Crippen LogP contribution in [-0.2, 0) is 6.42 Å². The number of aryl methyl sites for hydroxylation is 1. The van der Waals surface area contributed by atoms with Gasteiger partial charge in [-0.15, -0.1) is 0 Å². The quantitative estimate of drug-likeness (QED) is 0.445. The number of pyridine rings is 1. The number of benzene rings is 2. The molecule has 3 aromatic rings. The molecular weight excluding hydrogens is 334 g/mol. The van der Waals surface area contributed by atoms with Gasteiger partial charge in [0.25, 0.3) is 0 Å². The lowest BCUT2D eigenvalue weighted by Gasteiger charge is -2.07. The average molecular weight is 352 g/mol. The van der Waals surface area contributed by atoms with Gasteiger partial charge in [0, 0.05) is 11.8 Å². The molecule has 1 aromatic heterocycles. The van der Waals surface area contributed by atoms with E-state index < -0.39 is 5.97 Å². The Labute approximate surface area is 152 Å². The highest BCUT2D eigenvalue weighted by Crippen LogP contribution is 2.23. The molecule has 0 N–H and O–H groups in total. The van der Waals surface area contributed by atoms with Crippen LogP contribution in [0.5, 0.6) is 5.75 Å². The molecule has 0 aliphatic carbocycles. The Balaban J connectivity index is 1.72. The number of carbonyl (C=O) groups excluding carboxylic acids is 1. The highest BCUT2D eigenvalue weighted by Gasteiger charge is 2.12. The van der Waals surface area contributed by atoms with Crippen LogP contribution in [0.25, 0.3) is 11.3 Å². The number of nitrogens with zero attached hydrogens (tertiary/aromatic N) is 1. The number of hydrogen-bond acceptors (Lipinski definition) is 3. The fraction of sp³-hybridized carbons (Fsp3) is 0.143. The molecule has 3 rings (SSSR count). The summed E-state index contributed by atoms with van der Waals surface area (Å²) in [6, 6.07) is 18.2. The van der Waals surface area contributed by atoms with Crippen molar-refractivity contribution in [2.45, 2.75) is 19.8 Å². The lowest BCUT2D eigenvalue weighted by atomic mass is 10.1. The van der Waals surface area contributed by atoms with Crippen molar-refractivity contribution in [2.24, 2.45) is 0 Å². The highest BCUT2D eigenvalue weighted by atomic mass is 35.5. The molecule has 0 aliphatic heterocycles. The molecule has 0 saturated heterocycles. The van der Waals surface area contributed by atoms with Crippen LogP contribution in [0, 0.1) is 0 Å². The maximum absolute atomic E-state index is 12.2. The van der Waals surface area contributed by atoms with Crippen molar-refractivity contribution in [1.82, 2.24) is 4.98 Å². The zero-order valence-corrected chi connectivity index (χ0v) is 14.7. The van der Waals surface area contributed by atoms with E-state index in [1.807, 2.05) is 24.4 Å². The Morgan fingerprint density at radius 1 is 1.04 bits per heavy atom. The van der Waals surface area contributed by atoms with Gasteiger partial charge in [-0.25, -0.2) is 4.79 Å². The molecule has 0 fully saturated rings. The zero-order chi connectivity index (χ0) is 17.6. The van der Waals surface area contributed by atoms with Crippen LogP contribution in [0.4, 0.5) is 0 Å². The van der Waals surface area contributed by atoms with Crippen molar-refractivity contribution in [3.05, 3.63) is 83.0 Å². The van der Waals surface area contributed by atoms with Crippen molar-refractivity contribution < 1.29 is 9.53 Å². The average Bonchev–Trinajstić information content (AvgIpc) is 2.64. The van der Waals surface area contributed by atoms with Gasteiger partial charge < -0.3 is 4.74 Å². The van der Waals surface area contributed by atoms with Crippen molar-refractivity contribution in [2.75, 3.05) is 0 Å². The number of hydrogen-bond donors (Lipinski definition) is 0. The van der Waals surface area contributed by atoms with Crippen molar-refractivity contribution in [3.63, 3.8) is 0 Å². The molecule has 126 valence electrons. The number of rotatable bonds is 5. The number of halogens is 1. The van der Waals surface area contributed by atoms with Crippen LogP contribution in [0.2, 0.25) is 5.02 Å². The monoisotopic (exact) mass is 351 g/mol. The van der Waals surface area contributed by atoms with E-state index in [9.17, 15) is 4.79 Å². The number of esters is 1. The maximum Gasteiger partial charge on any atom is 0.345 e. The molecule has 0 spiro atoms. The van der Waals surface area contributed by atoms with Crippen LogP contribution < -0.4 is 4.74 Å². The van der Waals surface area contributed by atoms with Gasteiger partial charge in [-0.1, -0.05) is 43.1 Å². The molecule has 4 heteroatoms. The topological polar surface area (TPSA) is 39.2 Å². The second-order valence-corrected chi connectivity index (χ2v) is 6.10. The minimum Gasteiger partial charge on any atom is -0.423 e. The standard InChI is InChI=1S/C21H18ClNO2/c1-2-5-15-8-13-20(23-14-15)16-9-11-17(12-10-16)25-21(24)18-6-3-4-7-19(18)22/h3-4,6-14H,2,5H2,1H3. The van der Waals surface area contributed by atoms with Gasteiger partial charge in [-0.3, -0.25) is 4.98 Å². The van der Waals surface area contributed by atoms with Crippen LogP contribution in [-0.4, -0.2) is 11.0 Å². The highest BCUT2D eigenvalue weighted by molar-refractivity contribution is 6.33. The first-order chi connectivity index (χ1) is 12.2. The summed E-state index contributed by atoms with van der Waals surface area (Å²) in [5.41, 5.74) is 3.45. The normalized spacial score (nSPS) is 10.5. The third-order valence-electron chi connectivity index (χ3n) is 3.82. The Kier molecular flexibility index (Phi) is 5.46. The fourth-order valence-electron chi connectivity index (χ4n) is 2.51. The molecule has 25 heavy (non-hydrogen) atoms. The Morgan fingerprint density at radius 2 is 1.80 bits per heavy atom. The fourth-order valence-corrected chi connectivity index (χ4v) is 2.73. The van der Waals surface area contributed by atoms with E-state index in [-0.39, 0.29) is 0 Å². The molecule has 0 unspecified atom stereocenters. The molecule has 0 radical (unpaired) electrons. The predicted molar refractivity (Wildman–Crippen MR) is 100 cm³/mol. The van der Waals surface area contributed by atoms with Crippen molar-refractivity contribution in [3.8, 4) is 17.0 Å². The molecule has 0 saturated carbocycles. The summed E-state index contributed by atoms with van der Waals surface area (Å²) >= 11 is 6.02. The van der Waals surface area contributed by atoms with E-state index in [0.717, 1.165) is 24.1 Å². The van der Waals surface area contributed by atoms with Crippen LogP contribution in [0.15, 0.2) is 66.9 Å². The summed E-state index contributed by atoms with van der Waals surface area (Å²) in [5.74, 6) is -0.00309. The van der Waals surface area contributed by atoms with E-state index in [2.05, 4.69) is 18.0 Å². The summed E-state index contributed by atoms with van der Waals surface area (Å²) in [6.45, 7) is 2.15. The second-order valence-electron chi connectivity index (χ2n) is 5.70. The van der Waals surface area contributed by atoms with Gasteiger partial charge in [0.05, 0.1) is 16.3 Å². The summed E-state index contributed by atoms with van der Waals surface area (Å²) in [4.78, 5) is 16.7. The first kappa shape index (κ1) is 17.2. The minimum absolute atomic E-state index is 0.349. The van der Waals surface area contributed by atoms with E-state index in [1.54, 1.807) is 36.4 Å². The van der Waals surface area contributed by atoms with Gasteiger partial charge in [0.2, 0.25) is 0 Å². The van der Waals surface area contributed by atoms with E-state index >= 15 is 0 Å². The van der Waals surface area contributed by atoms with Crippen molar-refractivity contribution >= 4 is 17.6 Å². The molecule has 0 amide bonds. The summed E-state index contributed by atoms with van der Waals surface area (Å²) in [6.07, 6.45) is 4.04. The Hall–Kier alpha value is -2.65. The first-order valence-electron chi connectivity index (χ1n) is 8.19. The van der Waals surface area contributed by atoms with Crippen LogP contribution >= 0.6 is 11.6 Å². The van der Waals surface area contributed by atoms with Crippen LogP contribution in [0.3, 0.4) is 0 Å². The van der Waals surface area contributed by atoms with Crippen molar-refractivity contribution in [1.29, 1.82) is 0 Å². The molecule has 3 nitrogen and oxygen atoms in total. The van der Waals surface area contributed by atoms with Gasteiger partial charge >= 0.3 is 5.97 Å². The molecule has 1 heterocycles. The second kappa shape index (κ2) is 7.95. The van der Waals surface area contributed by atoms with Crippen LogP contribution in [0.1, 0.15) is 29.3 Å². The zero-order valence-electron chi connectivity index (χ0n) is 13.9. The molecule has 0 bridgehead atoms. The molecular formula is C21H18ClNO2. The van der Waals surface area contributed by atoms with Gasteiger partial charge in [0.15, 0.2) is 0 Å². The van der Waals surface area contributed by atoms with E-state index in [0.29, 0.717) is 16.3 Å². The first-order valence-corrected chi connectivity index (χ1v) is 8.57. The van der Waals surface area contributed by atoms with E-state index in [4.69, 9.17) is 16.3 Å². The van der Waals surface area contributed by atoms with Gasteiger partial charge in [-0.05, 0) is 54.4 Å². The lowest BCUT2D eigenvalue weighted by Crippen LogP contribution is -2.08. The minimum atomic E-state index is -0.472. The van der Waals surface area contributed by atoms with Gasteiger partial charge in [0.1, 0.15) is 5.75 Å². The number of carbonyl (C=O) groups is 1. The largest absolute Gasteiger partial charge is 0.423 e. The Morgan fingerprint density at radius 3 is 2.44 bits per heavy atom. The van der Waals surface area contributed by atoms with E-state index in [1.165, 1.54) is 5.56 Å². The summed E-state index contributed by atoms with van der Waals surface area (Å²) in [7, 11) is 0. The predicted octanol–water partition coefficient (Wildman–Crippen LogP) is 5.57. The molecule has 0 atom stereocenters. The third kappa shape index (κ3) is 4.25. The third-order valence-corrected chi connectivity index (χ3v) is 4.15.